The van der Waals surface area contributed by atoms with Gasteiger partial charge in [-0.1, -0.05) is 30.3 Å². The number of carbonyl (C=O) groups is 3. The second-order valence-electron chi connectivity index (χ2n) is 12.8. The lowest BCUT2D eigenvalue weighted by molar-refractivity contribution is -0.111. The Balaban J connectivity index is 0.000000197. The topological polar surface area (TPSA) is 124 Å². The number of aryl methyl sites for hydroxylation is 1. The Hall–Kier alpha value is -6.03. The number of amides is 3. The first-order valence-electron chi connectivity index (χ1n) is 16.7. The Morgan fingerprint density at radius 1 is 0.720 bits per heavy atom. The lowest BCUT2D eigenvalue weighted by Crippen LogP contribution is -2.27. The van der Waals surface area contributed by atoms with Gasteiger partial charge in [0.1, 0.15) is 5.60 Å². The van der Waals surface area contributed by atoms with Crippen LogP contribution in [0.25, 0.3) is 11.1 Å². The van der Waals surface area contributed by atoms with E-state index in [9.17, 15) is 14.4 Å². The van der Waals surface area contributed by atoms with Crippen LogP contribution < -0.4 is 31.5 Å². The summed E-state index contributed by atoms with van der Waals surface area (Å²) in [6.45, 7) is 13.7. The fourth-order valence-electron chi connectivity index (χ4n) is 5.59. The van der Waals surface area contributed by atoms with Gasteiger partial charge in [0.2, 0.25) is 0 Å². The molecule has 0 aliphatic carbocycles. The molecule has 0 spiro atoms. The van der Waals surface area contributed by atoms with Gasteiger partial charge in [-0.25, -0.2) is 4.79 Å². The maximum Gasteiger partial charge on any atom is 0.412 e. The average Bonchev–Trinajstić information content (AvgIpc) is 3.59. The van der Waals surface area contributed by atoms with Gasteiger partial charge in [0, 0.05) is 70.7 Å². The van der Waals surface area contributed by atoms with Crippen LogP contribution in [0.4, 0.5) is 38.9 Å². The average molecular weight is 673 g/mol. The molecule has 0 saturated heterocycles. The first-order chi connectivity index (χ1) is 24.0. The molecular weight excluding hydrogens is 628 g/mol. The standard InChI is InChI=1S/C21H23N3O3.C19H21N3O/c1-13-6-5-7-17-18(13)16(19(25)24-17)12-22-14-8-10-15(11-9-14)23-20(26)27-21(2,3)4;1-3-22(4-2)15-11-9-14(10-12-15)20-13-17-16-7-5-6-8-18(16)21-19(17)23/h5-12,22H,1-4H3,(H,23,26)(H,24,25);5-13,20H,3-4H2,1-2H3,(H,21,23)/b16-12-;17-13+. The van der Waals surface area contributed by atoms with Crippen LogP contribution in [0.5, 0.6) is 0 Å². The van der Waals surface area contributed by atoms with E-state index in [-0.39, 0.29) is 11.8 Å². The van der Waals surface area contributed by atoms with Crippen LogP contribution in [0.15, 0.2) is 103 Å². The maximum absolute atomic E-state index is 12.2. The Labute approximate surface area is 293 Å². The molecule has 0 saturated carbocycles. The van der Waals surface area contributed by atoms with Gasteiger partial charge in [-0.05, 0) is 108 Å². The van der Waals surface area contributed by atoms with Gasteiger partial charge in [0.25, 0.3) is 11.8 Å². The highest BCUT2D eigenvalue weighted by Crippen LogP contribution is 2.34. The Morgan fingerprint density at radius 3 is 1.90 bits per heavy atom. The van der Waals surface area contributed by atoms with Gasteiger partial charge in [-0.2, -0.15) is 0 Å². The molecule has 258 valence electrons. The quantitative estimate of drug-likeness (QED) is 0.119. The molecule has 50 heavy (non-hydrogen) atoms. The van der Waals surface area contributed by atoms with Crippen LogP contribution >= 0.6 is 0 Å². The molecule has 4 aromatic carbocycles. The first-order valence-corrected chi connectivity index (χ1v) is 16.7. The van der Waals surface area contributed by atoms with Gasteiger partial charge >= 0.3 is 6.09 Å². The lowest BCUT2D eigenvalue weighted by Gasteiger charge is -2.21. The van der Waals surface area contributed by atoms with Crippen molar-refractivity contribution in [2.24, 2.45) is 0 Å². The van der Waals surface area contributed by atoms with Crippen LogP contribution in [0.1, 0.15) is 51.3 Å². The van der Waals surface area contributed by atoms with Gasteiger partial charge in [-0.3, -0.25) is 14.9 Å². The fraction of sp³-hybridized carbons (Fsp3) is 0.225. The number of fused-ring (bicyclic) bond motifs is 2. The van der Waals surface area contributed by atoms with Gasteiger partial charge in [-0.15, -0.1) is 0 Å². The van der Waals surface area contributed by atoms with Crippen molar-refractivity contribution in [3.05, 3.63) is 120 Å². The number of rotatable bonds is 8. The molecule has 0 unspecified atom stereocenters. The summed E-state index contributed by atoms with van der Waals surface area (Å²) in [6, 6.07) is 28.9. The van der Waals surface area contributed by atoms with E-state index >= 15 is 0 Å². The Bertz CT molecular complexity index is 1920. The second-order valence-corrected chi connectivity index (χ2v) is 12.8. The SMILES string of the molecule is CCN(CC)c1ccc(N/C=C2/C(=O)Nc3ccccc32)cc1.Cc1cccc2c1/C(=C/Nc1ccc(NC(=O)OC(C)(C)C)cc1)C(=O)N2. The summed E-state index contributed by atoms with van der Waals surface area (Å²) in [5.74, 6) is -0.200. The zero-order valence-electron chi connectivity index (χ0n) is 29.3. The van der Waals surface area contributed by atoms with Crippen molar-refractivity contribution in [2.75, 3.05) is 44.6 Å². The van der Waals surface area contributed by atoms with E-state index in [1.165, 1.54) is 5.69 Å². The molecule has 0 aromatic heterocycles. The third-order valence-corrected chi connectivity index (χ3v) is 8.04. The normalized spacial score (nSPS) is 14.5. The first kappa shape index (κ1) is 35.3. The molecule has 0 bridgehead atoms. The highest BCUT2D eigenvalue weighted by atomic mass is 16.6. The molecule has 2 heterocycles. The van der Waals surface area contributed by atoms with E-state index in [1.54, 1.807) is 24.5 Å². The molecule has 0 atom stereocenters. The molecule has 0 fully saturated rings. The van der Waals surface area contributed by atoms with E-state index in [1.807, 2.05) is 94.4 Å². The summed E-state index contributed by atoms with van der Waals surface area (Å²) in [5, 5.41) is 14.8. The predicted octanol–water partition coefficient (Wildman–Crippen LogP) is 8.69. The number of benzene rings is 4. The summed E-state index contributed by atoms with van der Waals surface area (Å²) >= 11 is 0. The number of ether oxygens (including phenoxy) is 1. The fourth-order valence-corrected chi connectivity index (χ4v) is 5.59. The monoisotopic (exact) mass is 672 g/mol. The smallest absolute Gasteiger partial charge is 0.412 e. The lowest BCUT2D eigenvalue weighted by atomic mass is 10.0. The zero-order chi connectivity index (χ0) is 35.8. The van der Waals surface area contributed by atoms with Crippen molar-refractivity contribution >= 4 is 63.2 Å². The number of nitrogens with one attached hydrogen (secondary N) is 5. The number of nitrogens with zero attached hydrogens (tertiary/aromatic N) is 1. The Morgan fingerprint density at radius 2 is 1.26 bits per heavy atom. The number of hydrogen-bond acceptors (Lipinski definition) is 7. The Kier molecular flexibility index (Phi) is 10.9. The van der Waals surface area contributed by atoms with Crippen LogP contribution in [0, 0.1) is 6.92 Å². The number of para-hydroxylation sites is 1. The second kappa shape index (κ2) is 15.5. The van der Waals surface area contributed by atoms with Crippen LogP contribution in [0.3, 0.4) is 0 Å². The third-order valence-electron chi connectivity index (χ3n) is 8.04. The molecule has 6 rings (SSSR count). The van der Waals surface area contributed by atoms with E-state index < -0.39 is 11.7 Å². The molecule has 3 amide bonds. The molecule has 4 aromatic rings. The van der Waals surface area contributed by atoms with Crippen molar-refractivity contribution in [1.82, 2.24) is 0 Å². The number of hydrogen-bond donors (Lipinski definition) is 5. The molecule has 10 heteroatoms. The summed E-state index contributed by atoms with van der Waals surface area (Å²) in [5.41, 5.74) is 8.88. The summed E-state index contributed by atoms with van der Waals surface area (Å²) in [7, 11) is 0. The minimum atomic E-state index is -0.548. The molecule has 2 aliphatic rings. The van der Waals surface area contributed by atoms with Crippen molar-refractivity contribution < 1.29 is 19.1 Å². The van der Waals surface area contributed by atoms with Crippen molar-refractivity contribution in [2.45, 2.75) is 47.1 Å². The van der Waals surface area contributed by atoms with Gasteiger partial charge in [0.15, 0.2) is 0 Å². The number of carbonyl (C=O) groups excluding carboxylic acids is 3. The van der Waals surface area contributed by atoms with Crippen molar-refractivity contribution in [1.29, 1.82) is 0 Å². The summed E-state index contributed by atoms with van der Waals surface area (Å²) in [4.78, 5) is 38.4. The van der Waals surface area contributed by atoms with E-state index in [0.29, 0.717) is 16.8 Å². The van der Waals surface area contributed by atoms with Gasteiger partial charge in [0.05, 0.1) is 11.1 Å². The molecular formula is C40H44N6O4. The minimum absolute atomic E-state index is 0.0709. The highest BCUT2D eigenvalue weighted by Gasteiger charge is 2.25. The maximum atomic E-state index is 12.2. The largest absolute Gasteiger partial charge is 0.444 e. The zero-order valence-corrected chi connectivity index (χ0v) is 29.3. The highest BCUT2D eigenvalue weighted by molar-refractivity contribution is 6.32. The summed E-state index contributed by atoms with van der Waals surface area (Å²) in [6.07, 6.45) is 2.97. The van der Waals surface area contributed by atoms with E-state index in [0.717, 1.165) is 52.5 Å². The summed E-state index contributed by atoms with van der Waals surface area (Å²) < 4.78 is 5.22. The van der Waals surface area contributed by atoms with Gasteiger partial charge < -0.3 is 30.9 Å². The molecule has 10 nitrogen and oxygen atoms in total. The van der Waals surface area contributed by atoms with E-state index in [2.05, 4.69) is 57.5 Å². The van der Waals surface area contributed by atoms with Crippen LogP contribution in [-0.2, 0) is 14.3 Å². The molecule has 5 N–H and O–H groups in total. The van der Waals surface area contributed by atoms with Crippen molar-refractivity contribution in [3.8, 4) is 0 Å². The van der Waals surface area contributed by atoms with Crippen molar-refractivity contribution in [3.63, 3.8) is 0 Å². The minimum Gasteiger partial charge on any atom is -0.444 e. The van der Waals surface area contributed by atoms with E-state index in [4.69, 9.17) is 4.74 Å². The van der Waals surface area contributed by atoms with Crippen LogP contribution in [-0.4, -0.2) is 36.6 Å². The van der Waals surface area contributed by atoms with Crippen LogP contribution in [0.2, 0.25) is 0 Å². The molecule has 2 aliphatic heterocycles. The predicted molar refractivity (Wildman–Crippen MR) is 204 cm³/mol. The third kappa shape index (κ3) is 8.70. The number of anilines is 6. The molecule has 0 radical (unpaired) electrons.